The number of carbonyl (C=O) groups is 1. The standard InChI is InChI=1S/C21H21F2NO/c1-13-9-10-24(12-13)21(25)17-11-16(17)14-5-2-3-6-15(14)20-18(22)7-4-8-19(20)23/h2-8,13,16-17H,9-12H2,1H3/t13-,16+,17-/m1/s1. The maximum Gasteiger partial charge on any atom is 0.226 e. The van der Waals surface area contributed by atoms with Crippen LogP contribution in [0.5, 0.6) is 0 Å². The molecule has 2 aromatic carbocycles. The summed E-state index contributed by atoms with van der Waals surface area (Å²) in [7, 11) is 0. The summed E-state index contributed by atoms with van der Waals surface area (Å²) in [6.07, 6.45) is 1.82. The van der Waals surface area contributed by atoms with E-state index in [4.69, 9.17) is 0 Å². The fourth-order valence-electron chi connectivity index (χ4n) is 3.98. The Labute approximate surface area is 146 Å². The number of amides is 1. The molecule has 0 radical (unpaired) electrons. The molecule has 0 spiro atoms. The third kappa shape index (κ3) is 2.94. The number of halogens is 2. The van der Waals surface area contributed by atoms with Crippen LogP contribution in [0.15, 0.2) is 42.5 Å². The summed E-state index contributed by atoms with van der Waals surface area (Å²) in [5.41, 5.74) is 1.44. The van der Waals surface area contributed by atoms with Gasteiger partial charge in [-0.05, 0) is 47.9 Å². The molecule has 0 unspecified atom stereocenters. The first kappa shape index (κ1) is 16.2. The number of carbonyl (C=O) groups excluding carboxylic acids is 1. The molecule has 2 aromatic rings. The third-order valence-electron chi connectivity index (χ3n) is 5.44. The molecule has 1 aliphatic carbocycles. The topological polar surface area (TPSA) is 20.3 Å². The number of nitrogens with zero attached hydrogens (tertiary/aromatic N) is 1. The number of hydrogen-bond donors (Lipinski definition) is 0. The van der Waals surface area contributed by atoms with Crippen molar-refractivity contribution in [2.45, 2.75) is 25.7 Å². The van der Waals surface area contributed by atoms with Crippen LogP contribution in [0.4, 0.5) is 8.78 Å². The number of hydrogen-bond acceptors (Lipinski definition) is 1. The predicted octanol–water partition coefficient (Wildman–Crippen LogP) is 4.60. The normalized spacial score (nSPS) is 25.2. The lowest BCUT2D eigenvalue weighted by Gasteiger charge is -2.16. The second kappa shape index (κ2) is 6.25. The minimum Gasteiger partial charge on any atom is -0.342 e. The summed E-state index contributed by atoms with van der Waals surface area (Å²) in [5, 5.41) is 0. The number of likely N-dealkylation sites (tertiary alicyclic amines) is 1. The van der Waals surface area contributed by atoms with Crippen LogP contribution in [0.2, 0.25) is 0 Å². The van der Waals surface area contributed by atoms with Crippen molar-refractivity contribution in [3.05, 3.63) is 59.7 Å². The molecule has 2 nitrogen and oxygen atoms in total. The molecule has 1 aliphatic heterocycles. The summed E-state index contributed by atoms with van der Waals surface area (Å²) in [5.74, 6) is -0.382. The summed E-state index contributed by atoms with van der Waals surface area (Å²) in [6, 6.07) is 11.2. The van der Waals surface area contributed by atoms with Gasteiger partial charge < -0.3 is 4.90 Å². The minimum absolute atomic E-state index is 0.00555. The fourth-order valence-corrected chi connectivity index (χ4v) is 3.98. The van der Waals surface area contributed by atoms with E-state index < -0.39 is 11.6 Å². The first-order chi connectivity index (χ1) is 12.1. The molecule has 4 heteroatoms. The Bertz CT molecular complexity index is 799. The van der Waals surface area contributed by atoms with E-state index in [1.54, 1.807) is 12.1 Å². The highest BCUT2D eigenvalue weighted by Crippen LogP contribution is 2.51. The van der Waals surface area contributed by atoms with E-state index in [0.717, 1.165) is 31.5 Å². The van der Waals surface area contributed by atoms with Gasteiger partial charge in [0.05, 0.1) is 5.56 Å². The first-order valence-electron chi connectivity index (χ1n) is 8.88. The average Bonchev–Trinajstić information content (AvgIpc) is 3.28. The van der Waals surface area contributed by atoms with E-state index in [1.165, 1.54) is 18.2 Å². The van der Waals surface area contributed by atoms with Gasteiger partial charge in [0.2, 0.25) is 5.91 Å². The molecule has 2 aliphatic rings. The van der Waals surface area contributed by atoms with Crippen molar-refractivity contribution in [3.63, 3.8) is 0 Å². The second-order valence-electron chi connectivity index (χ2n) is 7.31. The lowest BCUT2D eigenvalue weighted by Crippen LogP contribution is -2.30. The van der Waals surface area contributed by atoms with E-state index in [-0.39, 0.29) is 23.3 Å². The van der Waals surface area contributed by atoms with Crippen molar-refractivity contribution in [3.8, 4) is 11.1 Å². The molecular formula is C21H21F2NO. The van der Waals surface area contributed by atoms with Gasteiger partial charge in [0.25, 0.3) is 0 Å². The van der Waals surface area contributed by atoms with Crippen molar-refractivity contribution in [2.75, 3.05) is 13.1 Å². The van der Waals surface area contributed by atoms with Gasteiger partial charge in [-0.15, -0.1) is 0 Å². The van der Waals surface area contributed by atoms with Crippen molar-refractivity contribution in [1.29, 1.82) is 0 Å². The summed E-state index contributed by atoms with van der Waals surface area (Å²) in [6.45, 7) is 3.81. The Hall–Kier alpha value is -2.23. The van der Waals surface area contributed by atoms with E-state index in [2.05, 4.69) is 6.92 Å². The van der Waals surface area contributed by atoms with Crippen LogP contribution in [0.25, 0.3) is 11.1 Å². The van der Waals surface area contributed by atoms with Gasteiger partial charge in [-0.1, -0.05) is 37.3 Å². The zero-order chi connectivity index (χ0) is 17.6. The molecule has 0 bridgehead atoms. The quantitative estimate of drug-likeness (QED) is 0.799. The molecule has 130 valence electrons. The van der Waals surface area contributed by atoms with Crippen LogP contribution < -0.4 is 0 Å². The average molecular weight is 341 g/mol. The Morgan fingerprint density at radius 1 is 1.08 bits per heavy atom. The minimum atomic E-state index is -0.565. The van der Waals surface area contributed by atoms with Crippen LogP contribution >= 0.6 is 0 Å². The Morgan fingerprint density at radius 2 is 1.80 bits per heavy atom. The lowest BCUT2D eigenvalue weighted by molar-refractivity contribution is -0.131. The first-order valence-corrected chi connectivity index (χ1v) is 8.88. The molecule has 4 rings (SSSR count). The van der Waals surface area contributed by atoms with Crippen molar-refractivity contribution in [2.24, 2.45) is 11.8 Å². The fraction of sp³-hybridized carbons (Fsp3) is 0.381. The van der Waals surface area contributed by atoms with Crippen LogP contribution in [0, 0.1) is 23.5 Å². The molecule has 1 saturated heterocycles. The van der Waals surface area contributed by atoms with Crippen molar-refractivity contribution in [1.82, 2.24) is 4.90 Å². The lowest BCUT2D eigenvalue weighted by atomic mass is 9.95. The van der Waals surface area contributed by atoms with Gasteiger partial charge in [-0.25, -0.2) is 8.78 Å². The monoisotopic (exact) mass is 341 g/mol. The Kier molecular flexibility index (Phi) is 4.06. The van der Waals surface area contributed by atoms with Crippen molar-refractivity contribution >= 4 is 5.91 Å². The van der Waals surface area contributed by atoms with Gasteiger partial charge in [-0.3, -0.25) is 4.79 Å². The number of benzene rings is 2. The van der Waals surface area contributed by atoms with Crippen molar-refractivity contribution < 1.29 is 13.6 Å². The molecule has 2 fully saturated rings. The van der Waals surface area contributed by atoms with Gasteiger partial charge in [-0.2, -0.15) is 0 Å². The highest BCUT2D eigenvalue weighted by atomic mass is 19.1. The number of rotatable bonds is 3. The molecule has 25 heavy (non-hydrogen) atoms. The maximum atomic E-state index is 14.2. The van der Waals surface area contributed by atoms with Gasteiger partial charge >= 0.3 is 0 Å². The van der Waals surface area contributed by atoms with E-state index in [9.17, 15) is 13.6 Å². The Balaban J connectivity index is 1.62. The largest absolute Gasteiger partial charge is 0.342 e. The Morgan fingerprint density at radius 3 is 2.48 bits per heavy atom. The zero-order valence-corrected chi connectivity index (χ0v) is 14.2. The smallest absolute Gasteiger partial charge is 0.226 e. The molecule has 3 atom stereocenters. The third-order valence-corrected chi connectivity index (χ3v) is 5.44. The highest BCUT2D eigenvalue weighted by Gasteiger charge is 2.47. The van der Waals surface area contributed by atoms with Gasteiger partial charge in [0, 0.05) is 19.0 Å². The highest BCUT2D eigenvalue weighted by molar-refractivity contribution is 5.84. The summed E-state index contributed by atoms with van der Waals surface area (Å²) < 4.78 is 28.5. The van der Waals surface area contributed by atoms with Crippen LogP contribution in [0.1, 0.15) is 31.2 Å². The maximum absolute atomic E-state index is 14.2. The molecule has 0 N–H and O–H groups in total. The van der Waals surface area contributed by atoms with E-state index >= 15 is 0 Å². The summed E-state index contributed by atoms with van der Waals surface area (Å²) >= 11 is 0. The van der Waals surface area contributed by atoms with Crippen LogP contribution in [0.3, 0.4) is 0 Å². The molecule has 1 amide bonds. The SMILES string of the molecule is C[C@@H]1CCN(C(=O)[C@@H]2C[C@H]2c2ccccc2-c2c(F)cccc2F)C1. The summed E-state index contributed by atoms with van der Waals surface area (Å²) in [4.78, 5) is 14.6. The van der Waals surface area contributed by atoms with Crippen LogP contribution in [-0.4, -0.2) is 23.9 Å². The molecule has 0 aromatic heterocycles. The van der Waals surface area contributed by atoms with Gasteiger partial charge in [0.1, 0.15) is 11.6 Å². The predicted molar refractivity (Wildman–Crippen MR) is 93.0 cm³/mol. The van der Waals surface area contributed by atoms with E-state index in [0.29, 0.717) is 11.5 Å². The van der Waals surface area contributed by atoms with Crippen LogP contribution in [-0.2, 0) is 4.79 Å². The molecule has 1 heterocycles. The molecular weight excluding hydrogens is 320 g/mol. The van der Waals surface area contributed by atoms with Gasteiger partial charge in [0.15, 0.2) is 0 Å². The zero-order valence-electron chi connectivity index (χ0n) is 14.2. The second-order valence-corrected chi connectivity index (χ2v) is 7.31. The molecule has 1 saturated carbocycles. The van der Waals surface area contributed by atoms with E-state index in [1.807, 2.05) is 17.0 Å².